The second-order valence-corrected chi connectivity index (χ2v) is 3.63. The fourth-order valence-corrected chi connectivity index (χ4v) is 1.20. The molecule has 1 heterocycles. The fourth-order valence-electron chi connectivity index (χ4n) is 0.874. The molecule has 1 aromatic heterocycles. The van der Waals surface area contributed by atoms with Crippen LogP contribution in [0.5, 0.6) is 0 Å². The number of halogens is 1. The Hall–Kier alpha value is -0.880. The Morgan fingerprint density at radius 2 is 2.46 bits per heavy atom. The number of rotatable bonds is 4. The number of nitrogens with zero attached hydrogens (tertiary/aromatic N) is 2. The molecule has 0 radical (unpaired) electrons. The van der Waals surface area contributed by atoms with Gasteiger partial charge >= 0.3 is 0 Å². The molecular formula is C7H11BrN4O. The summed E-state index contributed by atoms with van der Waals surface area (Å²) in [7, 11) is 0. The van der Waals surface area contributed by atoms with E-state index in [2.05, 4.69) is 21.0 Å². The summed E-state index contributed by atoms with van der Waals surface area (Å²) >= 11 is 3.26. The van der Waals surface area contributed by atoms with E-state index in [0.29, 0.717) is 13.0 Å². The second-order valence-electron chi connectivity index (χ2n) is 2.72. The van der Waals surface area contributed by atoms with Crippen LogP contribution >= 0.6 is 15.9 Å². The molecule has 13 heavy (non-hydrogen) atoms. The van der Waals surface area contributed by atoms with Gasteiger partial charge in [-0.1, -0.05) is 0 Å². The molecule has 1 aromatic rings. The number of nitrogens with two attached hydrogens (primary N) is 2. The molecule has 6 heteroatoms. The Morgan fingerprint density at radius 3 is 2.92 bits per heavy atom. The minimum atomic E-state index is -0.594. The number of hydrogen-bond acceptors (Lipinski definition) is 3. The highest BCUT2D eigenvalue weighted by molar-refractivity contribution is 9.10. The molecule has 4 N–H and O–H groups in total. The summed E-state index contributed by atoms with van der Waals surface area (Å²) in [5.41, 5.74) is 10.4. The molecule has 0 bridgehead atoms. The van der Waals surface area contributed by atoms with E-state index in [1.807, 2.05) is 6.20 Å². The second kappa shape index (κ2) is 4.38. The van der Waals surface area contributed by atoms with Gasteiger partial charge in [0, 0.05) is 12.7 Å². The topological polar surface area (TPSA) is 86.9 Å². The van der Waals surface area contributed by atoms with E-state index >= 15 is 0 Å². The fraction of sp³-hybridized carbons (Fsp3) is 0.429. The number of carbonyl (C=O) groups excluding carboxylic acids is 1. The van der Waals surface area contributed by atoms with Crippen LogP contribution in [-0.2, 0) is 11.3 Å². The SMILES string of the molecule is NC(=O)C(N)CCn1cc(Br)cn1. The summed E-state index contributed by atoms with van der Waals surface area (Å²) < 4.78 is 2.60. The van der Waals surface area contributed by atoms with E-state index < -0.39 is 11.9 Å². The van der Waals surface area contributed by atoms with E-state index in [1.54, 1.807) is 10.9 Å². The molecule has 0 saturated carbocycles. The predicted octanol–water partition coefficient (Wildman–Crippen LogP) is -0.152. The average molecular weight is 247 g/mol. The number of amides is 1. The number of aromatic nitrogens is 2. The molecule has 0 spiro atoms. The quantitative estimate of drug-likeness (QED) is 0.775. The van der Waals surface area contributed by atoms with Gasteiger partial charge in [0.25, 0.3) is 0 Å². The van der Waals surface area contributed by atoms with Gasteiger partial charge in [0.05, 0.1) is 16.7 Å². The summed E-state index contributed by atoms with van der Waals surface area (Å²) in [6, 6.07) is -0.594. The molecule has 0 aliphatic rings. The number of aryl methyl sites for hydroxylation is 1. The van der Waals surface area contributed by atoms with Gasteiger partial charge in [0.1, 0.15) is 0 Å². The Labute approximate surface area is 84.2 Å². The highest BCUT2D eigenvalue weighted by Crippen LogP contribution is 2.06. The van der Waals surface area contributed by atoms with Crippen LogP contribution in [0.25, 0.3) is 0 Å². The highest BCUT2D eigenvalue weighted by atomic mass is 79.9. The molecular weight excluding hydrogens is 236 g/mol. The molecule has 5 nitrogen and oxygen atoms in total. The van der Waals surface area contributed by atoms with Gasteiger partial charge in [-0.3, -0.25) is 9.48 Å². The third kappa shape index (κ3) is 3.16. The van der Waals surface area contributed by atoms with Crippen molar-refractivity contribution in [2.45, 2.75) is 19.0 Å². The molecule has 72 valence electrons. The van der Waals surface area contributed by atoms with Gasteiger partial charge < -0.3 is 11.5 Å². The smallest absolute Gasteiger partial charge is 0.234 e. The standard InChI is InChI=1S/C7H11BrN4O/c8-5-3-11-12(4-5)2-1-6(9)7(10)13/h3-4,6H,1-2,9H2,(H2,10,13). The van der Waals surface area contributed by atoms with E-state index in [4.69, 9.17) is 11.5 Å². The predicted molar refractivity (Wildman–Crippen MR) is 51.7 cm³/mol. The van der Waals surface area contributed by atoms with Crippen LogP contribution in [0, 0.1) is 0 Å². The average Bonchev–Trinajstić information content (AvgIpc) is 2.47. The van der Waals surface area contributed by atoms with Crippen molar-refractivity contribution < 1.29 is 4.79 Å². The van der Waals surface area contributed by atoms with Crippen LogP contribution < -0.4 is 11.5 Å². The number of hydrogen-bond donors (Lipinski definition) is 2. The van der Waals surface area contributed by atoms with Crippen molar-refractivity contribution in [1.29, 1.82) is 0 Å². The lowest BCUT2D eigenvalue weighted by molar-refractivity contribution is -0.119. The molecule has 0 fully saturated rings. The van der Waals surface area contributed by atoms with Gasteiger partial charge in [0.2, 0.25) is 5.91 Å². The van der Waals surface area contributed by atoms with E-state index in [1.165, 1.54) is 0 Å². The lowest BCUT2D eigenvalue weighted by Gasteiger charge is -2.06. The van der Waals surface area contributed by atoms with Crippen molar-refractivity contribution in [3.05, 3.63) is 16.9 Å². The molecule has 0 aromatic carbocycles. The molecule has 0 aliphatic carbocycles. The first-order chi connectivity index (χ1) is 6.09. The summed E-state index contributed by atoms with van der Waals surface area (Å²) in [5.74, 6) is -0.480. The van der Waals surface area contributed by atoms with Gasteiger partial charge in [-0.25, -0.2) is 0 Å². The molecule has 1 atom stereocenters. The first kappa shape index (κ1) is 10.2. The molecule has 1 amide bonds. The number of primary amides is 1. The van der Waals surface area contributed by atoms with Crippen LogP contribution in [-0.4, -0.2) is 21.7 Å². The maximum absolute atomic E-state index is 10.6. The van der Waals surface area contributed by atoms with E-state index in [0.717, 1.165) is 4.47 Å². The van der Waals surface area contributed by atoms with E-state index in [-0.39, 0.29) is 0 Å². The number of carbonyl (C=O) groups is 1. The molecule has 1 unspecified atom stereocenters. The molecule has 0 aliphatic heterocycles. The Morgan fingerprint density at radius 1 is 1.77 bits per heavy atom. The van der Waals surface area contributed by atoms with Crippen molar-refractivity contribution in [2.24, 2.45) is 11.5 Å². The van der Waals surface area contributed by atoms with Gasteiger partial charge in [-0.05, 0) is 22.4 Å². The summed E-state index contributed by atoms with van der Waals surface area (Å²) in [6.07, 6.45) is 3.99. The zero-order chi connectivity index (χ0) is 9.84. The largest absolute Gasteiger partial charge is 0.368 e. The Balaban J connectivity index is 2.39. The lowest BCUT2D eigenvalue weighted by atomic mass is 10.2. The van der Waals surface area contributed by atoms with Crippen LogP contribution in [0.3, 0.4) is 0 Å². The van der Waals surface area contributed by atoms with Crippen LogP contribution in [0.4, 0.5) is 0 Å². The van der Waals surface area contributed by atoms with Crippen molar-refractivity contribution in [3.63, 3.8) is 0 Å². The van der Waals surface area contributed by atoms with Crippen molar-refractivity contribution in [2.75, 3.05) is 0 Å². The Bertz CT molecular complexity index is 298. The highest BCUT2D eigenvalue weighted by Gasteiger charge is 2.08. The maximum atomic E-state index is 10.6. The van der Waals surface area contributed by atoms with Crippen molar-refractivity contribution >= 4 is 21.8 Å². The zero-order valence-corrected chi connectivity index (χ0v) is 8.57. The van der Waals surface area contributed by atoms with Crippen LogP contribution in [0.1, 0.15) is 6.42 Å². The third-order valence-corrected chi connectivity index (χ3v) is 2.05. The minimum absolute atomic E-state index is 0.480. The summed E-state index contributed by atoms with van der Waals surface area (Å²) in [5, 5.41) is 4.01. The van der Waals surface area contributed by atoms with Crippen molar-refractivity contribution in [3.8, 4) is 0 Å². The monoisotopic (exact) mass is 246 g/mol. The normalized spacial score (nSPS) is 12.8. The zero-order valence-electron chi connectivity index (χ0n) is 6.98. The lowest BCUT2D eigenvalue weighted by Crippen LogP contribution is -2.37. The van der Waals surface area contributed by atoms with Gasteiger partial charge in [-0.15, -0.1) is 0 Å². The van der Waals surface area contributed by atoms with Crippen molar-refractivity contribution in [1.82, 2.24) is 9.78 Å². The van der Waals surface area contributed by atoms with Gasteiger partial charge in [0.15, 0.2) is 0 Å². The third-order valence-electron chi connectivity index (χ3n) is 1.64. The first-order valence-corrected chi connectivity index (χ1v) is 4.62. The van der Waals surface area contributed by atoms with E-state index in [9.17, 15) is 4.79 Å². The van der Waals surface area contributed by atoms with Crippen LogP contribution in [0.15, 0.2) is 16.9 Å². The minimum Gasteiger partial charge on any atom is -0.368 e. The van der Waals surface area contributed by atoms with Crippen LogP contribution in [0.2, 0.25) is 0 Å². The molecule has 1 rings (SSSR count). The molecule has 0 saturated heterocycles. The maximum Gasteiger partial charge on any atom is 0.234 e. The summed E-state index contributed by atoms with van der Waals surface area (Å²) in [4.78, 5) is 10.6. The first-order valence-electron chi connectivity index (χ1n) is 3.82. The van der Waals surface area contributed by atoms with Gasteiger partial charge in [-0.2, -0.15) is 5.10 Å². The summed E-state index contributed by atoms with van der Waals surface area (Å²) in [6.45, 7) is 0.593. The Kier molecular flexibility index (Phi) is 3.44.